The Kier molecular flexibility index (Phi) is 4.83. The minimum absolute atomic E-state index is 0.00335. The van der Waals surface area contributed by atoms with Crippen molar-refractivity contribution in [2.45, 2.75) is 39.2 Å². The van der Waals surface area contributed by atoms with E-state index in [4.69, 9.17) is 10.8 Å². The van der Waals surface area contributed by atoms with E-state index in [0.717, 1.165) is 12.8 Å². The average molecular weight is 290 g/mol. The van der Waals surface area contributed by atoms with Crippen LogP contribution >= 0.6 is 0 Å². The summed E-state index contributed by atoms with van der Waals surface area (Å²) in [6.07, 6.45) is 4.64. The predicted octanol–water partition coefficient (Wildman–Crippen LogP) is 2.41. The third-order valence-electron chi connectivity index (χ3n) is 4.36. The summed E-state index contributed by atoms with van der Waals surface area (Å²) in [5.74, 6) is -0.520. The largest absolute Gasteiger partial charge is 0.478 e. The topological polar surface area (TPSA) is 92.4 Å². The second-order valence-electron chi connectivity index (χ2n) is 5.77. The Morgan fingerprint density at radius 2 is 2.05 bits per heavy atom. The molecular formula is C16H22N2O3. The number of carboxylic acid groups (broad SMARTS) is 1. The molecule has 1 atom stereocenters. The fourth-order valence-corrected chi connectivity index (χ4v) is 2.91. The zero-order chi connectivity index (χ0) is 15.4. The van der Waals surface area contributed by atoms with Gasteiger partial charge in [-0.05, 0) is 42.5 Å². The average Bonchev–Trinajstić information content (AvgIpc) is 2.99. The smallest absolute Gasteiger partial charge is 0.335 e. The van der Waals surface area contributed by atoms with Crippen LogP contribution in [0.5, 0.6) is 0 Å². The number of nitrogen functional groups attached to an aromatic ring is 1. The summed E-state index contributed by atoms with van der Waals surface area (Å²) in [6, 6.07) is 4.54. The Hall–Kier alpha value is -2.04. The predicted molar refractivity (Wildman–Crippen MR) is 80.8 cm³/mol. The van der Waals surface area contributed by atoms with Crippen LogP contribution < -0.4 is 11.1 Å². The van der Waals surface area contributed by atoms with Gasteiger partial charge in [-0.25, -0.2) is 4.79 Å². The van der Waals surface area contributed by atoms with Gasteiger partial charge in [0.2, 0.25) is 5.91 Å². The number of hydrogen-bond acceptors (Lipinski definition) is 3. The molecule has 2 rings (SSSR count). The number of carboxylic acids is 1. The first-order valence-electron chi connectivity index (χ1n) is 7.38. The number of amides is 1. The quantitative estimate of drug-likeness (QED) is 0.726. The van der Waals surface area contributed by atoms with Gasteiger partial charge in [-0.15, -0.1) is 0 Å². The molecule has 4 N–H and O–H groups in total. The van der Waals surface area contributed by atoms with Gasteiger partial charge in [-0.2, -0.15) is 0 Å². The van der Waals surface area contributed by atoms with Gasteiger partial charge in [0, 0.05) is 18.2 Å². The number of aromatic carboxylic acids is 1. The molecule has 1 unspecified atom stereocenters. The summed E-state index contributed by atoms with van der Waals surface area (Å²) in [5, 5.41) is 11.9. The minimum atomic E-state index is -0.998. The standard InChI is InChI=1S/C16H22N2O3/c1-10(11-4-2-3-5-11)15(19)18-9-13-8-12(16(20)21)6-7-14(13)17/h6-8,10-11H,2-5,9,17H2,1H3,(H,18,19)(H,20,21). The number of nitrogens with two attached hydrogens (primary N) is 1. The van der Waals surface area contributed by atoms with Gasteiger partial charge in [0.1, 0.15) is 0 Å². The zero-order valence-electron chi connectivity index (χ0n) is 12.3. The van der Waals surface area contributed by atoms with Crippen molar-refractivity contribution in [1.29, 1.82) is 0 Å². The molecule has 5 heteroatoms. The van der Waals surface area contributed by atoms with E-state index < -0.39 is 5.97 Å². The lowest BCUT2D eigenvalue weighted by atomic mass is 9.92. The maximum absolute atomic E-state index is 12.2. The van der Waals surface area contributed by atoms with Crippen molar-refractivity contribution in [2.75, 3.05) is 5.73 Å². The minimum Gasteiger partial charge on any atom is -0.478 e. The van der Waals surface area contributed by atoms with E-state index >= 15 is 0 Å². The van der Waals surface area contributed by atoms with E-state index in [1.165, 1.54) is 25.0 Å². The third-order valence-corrected chi connectivity index (χ3v) is 4.36. The number of carbonyl (C=O) groups excluding carboxylic acids is 1. The first kappa shape index (κ1) is 15.4. The van der Waals surface area contributed by atoms with Crippen LogP contribution in [0.15, 0.2) is 18.2 Å². The van der Waals surface area contributed by atoms with Gasteiger partial charge in [0.15, 0.2) is 0 Å². The highest BCUT2D eigenvalue weighted by Crippen LogP contribution is 2.31. The summed E-state index contributed by atoms with van der Waals surface area (Å²) in [6.45, 7) is 2.23. The lowest BCUT2D eigenvalue weighted by Gasteiger charge is -2.18. The molecule has 1 saturated carbocycles. The monoisotopic (exact) mass is 290 g/mol. The lowest BCUT2D eigenvalue weighted by molar-refractivity contribution is -0.126. The van der Waals surface area contributed by atoms with Crippen LogP contribution in [0.3, 0.4) is 0 Å². The van der Waals surface area contributed by atoms with E-state index in [0.29, 0.717) is 17.2 Å². The highest BCUT2D eigenvalue weighted by atomic mass is 16.4. The molecule has 1 amide bonds. The number of carbonyl (C=O) groups is 2. The SMILES string of the molecule is CC(C(=O)NCc1cc(C(=O)O)ccc1N)C1CCCC1. The molecule has 0 aliphatic heterocycles. The first-order valence-corrected chi connectivity index (χ1v) is 7.38. The van der Waals surface area contributed by atoms with Crippen molar-refractivity contribution in [3.63, 3.8) is 0 Å². The van der Waals surface area contributed by atoms with Crippen LogP contribution in [0, 0.1) is 11.8 Å². The molecule has 21 heavy (non-hydrogen) atoms. The molecule has 0 radical (unpaired) electrons. The molecule has 1 aliphatic rings. The number of hydrogen-bond donors (Lipinski definition) is 3. The second kappa shape index (κ2) is 6.61. The number of nitrogens with one attached hydrogen (secondary N) is 1. The molecule has 0 heterocycles. The van der Waals surface area contributed by atoms with Gasteiger partial charge in [-0.1, -0.05) is 19.8 Å². The van der Waals surface area contributed by atoms with Crippen molar-refractivity contribution in [2.24, 2.45) is 11.8 Å². The fourth-order valence-electron chi connectivity index (χ4n) is 2.91. The molecule has 0 bridgehead atoms. The van der Waals surface area contributed by atoms with Gasteiger partial charge < -0.3 is 16.2 Å². The number of anilines is 1. The third kappa shape index (κ3) is 3.74. The Morgan fingerprint density at radius 3 is 2.67 bits per heavy atom. The van der Waals surface area contributed by atoms with Crippen LogP contribution in [0.1, 0.15) is 48.5 Å². The normalized spacial score (nSPS) is 16.6. The van der Waals surface area contributed by atoms with Crippen molar-refractivity contribution in [3.05, 3.63) is 29.3 Å². The maximum atomic E-state index is 12.2. The summed E-state index contributed by atoms with van der Waals surface area (Å²) in [4.78, 5) is 23.1. The first-order chi connectivity index (χ1) is 9.99. The molecular weight excluding hydrogens is 268 g/mol. The molecule has 1 aliphatic carbocycles. The van der Waals surface area contributed by atoms with Crippen LogP contribution in [0.4, 0.5) is 5.69 Å². The molecule has 0 spiro atoms. The van der Waals surface area contributed by atoms with Gasteiger partial charge in [-0.3, -0.25) is 4.79 Å². The number of rotatable bonds is 5. The lowest BCUT2D eigenvalue weighted by Crippen LogP contribution is -2.32. The summed E-state index contributed by atoms with van der Waals surface area (Å²) in [5.41, 5.74) is 7.14. The molecule has 0 aromatic heterocycles. The summed E-state index contributed by atoms with van der Waals surface area (Å²) >= 11 is 0. The van der Waals surface area contributed by atoms with Gasteiger partial charge in [0.25, 0.3) is 0 Å². The van der Waals surface area contributed by atoms with Crippen molar-refractivity contribution >= 4 is 17.6 Å². The van der Waals surface area contributed by atoms with Gasteiger partial charge >= 0.3 is 5.97 Å². The second-order valence-corrected chi connectivity index (χ2v) is 5.77. The fraction of sp³-hybridized carbons (Fsp3) is 0.500. The van der Waals surface area contributed by atoms with Crippen LogP contribution in [0.2, 0.25) is 0 Å². The van der Waals surface area contributed by atoms with E-state index in [2.05, 4.69) is 5.32 Å². The van der Waals surface area contributed by atoms with E-state index in [9.17, 15) is 9.59 Å². The Morgan fingerprint density at radius 1 is 1.38 bits per heavy atom. The Bertz CT molecular complexity index is 536. The van der Waals surface area contributed by atoms with Crippen molar-refractivity contribution in [1.82, 2.24) is 5.32 Å². The molecule has 0 saturated heterocycles. The van der Waals surface area contributed by atoms with Crippen molar-refractivity contribution < 1.29 is 14.7 Å². The Labute approximate surface area is 124 Å². The maximum Gasteiger partial charge on any atom is 0.335 e. The molecule has 5 nitrogen and oxygen atoms in total. The Balaban J connectivity index is 1.97. The zero-order valence-corrected chi connectivity index (χ0v) is 12.3. The van der Waals surface area contributed by atoms with E-state index in [-0.39, 0.29) is 23.9 Å². The molecule has 1 aromatic carbocycles. The van der Waals surface area contributed by atoms with Crippen LogP contribution in [-0.2, 0) is 11.3 Å². The van der Waals surface area contributed by atoms with E-state index in [1.54, 1.807) is 6.07 Å². The van der Waals surface area contributed by atoms with E-state index in [1.807, 2.05) is 6.92 Å². The molecule has 114 valence electrons. The molecule has 1 aromatic rings. The van der Waals surface area contributed by atoms with Gasteiger partial charge in [0.05, 0.1) is 5.56 Å². The van der Waals surface area contributed by atoms with Crippen LogP contribution in [0.25, 0.3) is 0 Å². The highest BCUT2D eigenvalue weighted by molar-refractivity contribution is 5.88. The highest BCUT2D eigenvalue weighted by Gasteiger charge is 2.26. The summed E-state index contributed by atoms with van der Waals surface area (Å²) in [7, 11) is 0. The number of benzene rings is 1. The van der Waals surface area contributed by atoms with Crippen molar-refractivity contribution in [3.8, 4) is 0 Å². The van der Waals surface area contributed by atoms with Crippen LogP contribution in [-0.4, -0.2) is 17.0 Å². The molecule has 1 fully saturated rings. The summed E-state index contributed by atoms with van der Waals surface area (Å²) < 4.78 is 0.